The highest BCUT2D eigenvalue weighted by atomic mass is 35.5. The molecule has 30 heavy (non-hydrogen) atoms. The second kappa shape index (κ2) is 9.69. The molecule has 0 bridgehead atoms. The lowest BCUT2D eigenvalue weighted by Crippen LogP contribution is -2.51. The third kappa shape index (κ3) is 5.17. The number of aliphatic hydroxyl groups is 1. The lowest BCUT2D eigenvalue weighted by atomic mass is 9.75. The summed E-state index contributed by atoms with van der Waals surface area (Å²) in [5.41, 5.74) is 1.34. The predicted molar refractivity (Wildman–Crippen MR) is 123 cm³/mol. The van der Waals surface area contributed by atoms with Crippen LogP contribution in [0.2, 0.25) is 5.02 Å². The standard InChI is InChI=1S/C25H33ClN2O2/c1-27-12-14-28(15-13-27)19-22-6-3-2-5-21(17-24-7-4-16-30-24)25(22,29)18-20-8-10-23(26)11-9-20/h4,7-11,16-17,22,29H,2-3,5-6,12-15,18-19H2,1H3/b21-17-. The average molecular weight is 429 g/mol. The Balaban J connectivity index is 1.65. The molecule has 1 aromatic carbocycles. The van der Waals surface area contributed by atoms with Gasteiger partial charge in [0.2, 0.25) is 0 Å². The van der Waals surface area contributed by atoms with Gasteiger partial charge in [0.15, 0.2) is 0 Å². The first-order chi connectivity index (χ1) is 14.5. The van der Waals surface area contributed by atoms with Gasteiger partial charge in [0.1, 0.15) is 5.76 Å². The van der Waals surface area contributed by atoms with E-state index in [9.17, 15) is 5.11 Å². The maximum Gasteiger partial charge on any atom is 0.126 e. The van der Waals surface area contributed by atoms with Crippen LogP contribution in [0.4, 0.5) is 0 Å². The molecule has 0 amide bonds. The second-order valence-corrected chi connectivity index (χ2v) is 9.40. The summed E-state index contributed by atoms with van der Waals surface area (Å²) >= 11 is 6.11. The highest BCUT2D eigenvalue weighted by Crippen LogP contribution is 2.41. The molecular weight excluding hydrogens is 396 g/mol. The van der Waals surface area contributed by atoms with E-state index >= 15 is 0 Å². The van der Waals surface area contributed by atoms with Crippen LogP contribution in [0.25, 0.3) is 6.08 Å². The van der Waals surface area contributed by atoms with Crippen LogP contribution in [-0.2, 0) is 6.42 Å². The van der Waals surface area contributed by atoms with Crippen molar-refractivity contribution in [1.82, 2.24) is 9.80 Å². The van der Waals surface area contributed by atoms with E-state index in [0.717, 1.165) is 80.3 Å². The van der Waals surface area contributed by atoms with Crippen molar-refractivity contribution in [2.75, 3.05) is 39.8 Å². The van der Waals surface area contributed by atoms with Crippen LogP contribution >= 0.6 is 11.6 Å². The zero-order valence-corrected chi connectivity index (χ0v) is 18.7. The van der Waals surface area contributed by atoms with E-state index in [1.165, 1.54) is 0 Å². The molecule has 1 N–H and O–H groups in total. The van der Waals surface area contributed by atoms with Crippen molar-refractivity contribution in [2.45, 2.75) is 37.7 Å². The van der Waals surface area contributed by atoms with Crippen LogP contribution in [0.3, 0.4) is 0 Å². The smallest absolute Gasteiger partial charge is 0.126 e. The lowest BCUT2D eigenvalue weighted by Gasteiger charge is -2.42. The number of rotatable bonds is 5. The van der Waals surface area contributed by atoms with Crippen LogP contribution in [0.5, 0.6) is 0 Å². The minimum atomic E-state index is -0.888. The summed E-state index contributed by atoms with van der Waals surface area (Å²) in [7, 11) is 2.18. The van der Waals surface area contributed by atoms with Gasteiger partial charge in [-0.05, 0) is 67.8 Å². The Morgan fingerprint density at radius 3 is 2.60 bits per heavy atom. The molecule has 1 saturated carbocycles. The van der Waals surface area contributed by atoms with Gasteiger partial charge in [0.25, 0.3) is 0 Å². The zero-order chi connectivity index (χ0) is 21.0. The van der Waals surface area contributed by atoms with E-state index in [-0.39, 0.29) is 5.92 Å². The van der Waals surface area contributed by atoms with Crippen molar-refractivity contribution < 1.29 is 9.52 Å². The zero-order valence-electron chi connectivity index (χ0n) is 17.9. The highest BCUT2D eigenvalue weighted by molar-refractivity contribution is 6.30. The maximum absolute atomic E-state index is 12.3. The van der Waals surface area contributed by atoms with Gasteiger partial charge in [-0.25, -0.2) is 0 Å². The van der Waals surface area contributed by atoms with Gasteiger partial charge in [0, 0.05) is 50.1 Å². The fraction of sp³-hybridized carbons (Fsp3) is 0.520. The fourth-order valence-electron chi connectivity index (χ4n) is 4.92. The quantitative estimate of drug-likeness (QED) is 0.699. The first-order valence-electron chi connectivity index (χ1n) is 11.2. The molecule has 1 saturated heterocycles. The summed E-state index contributed by atoms with van der Waals surface area (Å²) in [4.78, 5) is 4.92. The normalized spacial score (nSPS) is 28.0. The van der Waals surface area contributed by atoms with Crippen LogP contribution in [0, 0.1) is 5.92 Å². The average Bonchev–Trinajstić information content (AvgIpc) is 3.20. The van der Waals surface area contributed by atoms with Crippen molar-refractivity contribution >= 4 is 17.7 Å². The molecular formula is C25H33ClN2O2. The van der Waals surface area contributed by atoms with E-state index in [1.54, 1.807) is 6.26 Å². The first-order valence-corrected chi connectivity index (χ1v) is 11.5. The second-order valence-electron chi connectivity index (χ2n) is 8.96. The highest BCUT2D eigenvalue weighted by Gasteiger charge is 2.42. The molecule has 4 rings (SSSR count). The van der Waals surface area contributed by atoms with E-state index in [0.29, 0.717) is 6.42 Å². The summed E-state index contributed by atoms with van der Waals surface area (Å²) < 4.78 is 5.61. The third-order valence-corrected chi connectivity index (χ3v) is 7.05. The molecule has 1 aliphatic heterocycles. The number of hydrogen-bond donors (Lipinski definition) is 1. The molecule has 2 atom stereocenters. The van der Waals surface area contributed by atoms with Gasteiger partial charge < -0.3 is 19.3 Å². The minimum Gasteiger partial charge on any atom is -0.465 e. The number of nitrogens with zero attached hydrogens (tertiary/aromatic N) is 2. The van der Waals surface area contributed by atoms with Crippen molar-refractivity contribution in [2.24, 2.45) is 5.92 Å². The van der Waals surface area contributed by atoms with Crippen molar-refractivity contribution in [3.05, 3.63) is 64.6 Å². The molecule has 1 aliphatic carbocycles. The monoisotopic (exact) mass is 428 g/mol. The molecule has 1 aromatic heterocycles. The van der Waals surface area contributed by atoms with Gasteiger partial charge in [0.05, 0.1) is 11.9 Å². The van der Waals surface area contributed by atoms with E-state index in [2.05, 4.69) is 22.9 Å². The molecule has 2 aliphatic rings. The van der Waals surface area contributed by atoms with Gasteiger partial charge in [-0.15, -0.1) is 0 Å². The summed E-state index contributed by atoms with van der Waals surface area (Å²) in [5.74, 6) is 1.01. The Morgan fingerprint density at radius 2 is 1.90 bits per heavy atom. The lowest BCUT2D eigenvalue weighted by molar-refractivity contribution is -0.00649. The number of halogens is 1. The predicted octanol–water partition coefficient (Wildman–Crippen LogP) is 4.73. The largest absolute Gasteiger partial charge is 0.465 e. The topological polar surface area (TPSA) is 39.9 Å². The molecule has 4 nitrogen and oxygen atoms in total. The number of hydrogen-bond acceptors (Lipinski definition) is 4. The summed E-state index contributed by atoms with van der Waals surface area (Å²) in [6.07, 6.45) is 8.60. The van der Waals surface area contributed by atoms with Crippen LogP contribution in [0.1, 0.15) is 37.0 Å². The van der Waals surface area contributed by atoms with Crippen molar-refractivity contribution in [3.63, 3.8) is 0 Å². The molecule has 5 heteroatoms. The molecule has 2 aromatic rings. The minimum absolute atomic E-state index is 0.195. The molecule has 0 spiro atoms. The SMILES string of the molecule is CN1CCN(CC2CCCC/C(=C/c3ccco3)C2(O)Cc2ccc(Cl)cc2)CC1. The van der Waals surface area contributed by atoms with Crippen LogP contribution in [-0.4, -0.2) is 60.3 Å². The van der Waals surface area contributed by atoms with E-state index in [4.69, 9.17) is 16.0 Å². The Labute approximate surface area is 185 Å². The van der Waals surface area contributed by atoms with Gasteiger partial charge in [-0.2, -0.15) is 0 Å². The summed E-state index contributed by atoms with van der Waals surface area (Å²) in [6, 6.07) is 11.8. The molecule has 2 fully saturated rings. The Bertz CT molecular complexity index is 825. The van der Waals surface area contributed by atoms with Crippen molar-refractivity contribution in [1.29, 1.82) is 0 Å². The number of furan rings is 1. The molecule has 2 heterocycles. The van der Waals surface area contributed by atoms with E-state index < -0.39 is 5.60 Å². The summed E-state index contributed by atoms with van der Waals surface area (Å²) in [5, 5.41) is 13.0. The van der Waals surface area contributed by atoms with E-state index in [1.807, 2.05) is 36.4 Å². The molecule has 0 radical (unpaired) electrons. The van der Waals surface area contributed by atoms with Gasteiger partial charge in [-0.1, -0.05) is 30.2 Å². The molecule has 2 unspecified atom stereocenters. The van der Waals surface area contributed by atoms with Gasteiger partial charge in [-0.3, -0.25) is 0 Å². The maximum atomic E-state index is 12.3. The Hall–Kier alpha value is -1.59. The fourth-order valence-corrected chi connectivity index (χ4v) is 5.05. The van der Waals surface area contributed by atoms with Gasteiger partial charge >= 0.3 is 0 Å². The third-order valence-electron chi connectivity index (χ3n) is 6.80. The Morgan fingerprint density at radius 1 is 1.13 bits per heavy atom. The summed E-state index contributed by atoms with van der Waals surface area (Å²) in [6.45, 7) is 5.27. The number of benzene rings is 1. The van der Waals surface area contributed by atoms with Crippen LogP contribution in [0.15, 0.2) is 52.7 Å². The van der Waals surface area contributed by atoms with Crippen LogP contribution < -0.4 is 0 Å². The first kappa shape index (κ1) is 21.6. The number of piperazine rings is 1. The Kier molecular flexibility index (Phi) is 6.99. The van der Waals surface area contributed by atoms with Crippen molar-refractivity contribution in [3.8, 4) is 0 Å². The molecule has 162 valence electrons. The number of likely N-dealkylation sites (N-methyl/N-ethyl adjacent to an activating group) is 1.